The van der Waals surface area contributed by atoms with Crippen LogP contribution < -0.4 is 24.8 Å². The Hall–Kier alpha value is -2.60. The maximum Gasteiger partial charge on any atom is 0.231 e. The Morgan fingerprint density at radius 3 is 2.75 bits per heavy atom. The molecule has 0 saturated heterocycles. The number of halogens is 1. The predicted octanol–water partition coefficient (Wildman–Crippen LogP) is 3.52. The van der Waals surface area contributed by atoms with Crippen molar-refractivity contribution in [1.82, 2.24) is 0 Å². The third-order valence-corrected chi connectivity index (χ3v) is 3.78. The van der Waals surface area contributed by atoms with Gasteiger partial charge in [0.05, 0.1) is 12.1 Å². The van der Waals surface area contributed by atoms with E-state index in [4.69, 9.17) is 25.8 Å². The fraction of sp³-hybridized carbons (Fsp3) is 0.235. The normalized spacial score (nSPS) is 11.9. The second-order valence-corrected chi connectivity index (χ2v) is 5.55. The van der Waals surface area contributed by atoms with Crippen molar-refractivity contribution < 1.29 is 19.0 Å². The maximum atomic E-state index is 12.0. The first-order valence-corrected chi connectivity index (χ1v) is 7.80. The van der Waals surface area contributed by atoms with Crippen LogP contribution in [0.15, 0.2) is 36.4 Å². The monoisotopic (exact) mass is 348 g/mol. The molecule has 0 saturated carbocycles. The van der Waals surface area contributed by atoms with Gasteiger partial charge < -0.3 is 24.8 Å². The van der Waals surface area contributed by atoms with E-state index in [2.05, 4.69) is 10.6 Å². The maximum absolute atomic E-state index is 12.0. The van der Waals surface area contributed by atoms with E-state index in [1.54, 1.807) is 37.4 Å². The van der Waals surface area contributed by atoms with Crippen LogP contribution in [0.25, 0.3) is 0 Å². The third-order valence-electron chi connectivity index (χ3n) is 3.49. The number of nitrogens with one attached hydrogen (secondary N) is 2. The summed E-state index contributed by atoms with van der Waals surface area (Å²) in [5.74, 6) is 1.84. The molecule has 0 atom stereocenters. The molecule has 0 bridgehead atoms. The zero-order valence-electron chi connectivity index (χ0n) is 13.1. The molecule has 7 heteroatoms. The summed E-state index contributed by atoms with van der Waals surface area (Å²) in [7, 11) is 1.56. The van der Waals surface area contributed by atoms with Gasteiger partial charge in [0, 0.05) is 30.4 Å². The minimum atomic E-state index is -0.0963. The van der Waals surface area contributed by atoms with Crippen LogP contribution in [0.5, 0.6) is 17.2 Å². The van der Waals surface area contributed by atoms with Gasteiger partial charge in [0.2, 0.25) is 12.7 Å². The SMILES string of the molecule is COc1ccc(NCCC(=O)Nc2ccc3c(c2)OCO3)cc1Cl. The van der Waals surface area contributed by atoms with Gasteiger partial charge in [0.25, 0.3) is 0 Å². The Labute approximate surface area is 144 Å². The fourth-order valence-corrected chi connectivity index (χ4v) is 2.55. The number of ether oxygens (including phenoxy) is 3. The van der Waals surface area contributed by atoms with Crippen LogP contribution in [0, 0.1) is 0 Å². The van der Waals surface area contributed by atoms with E-state index in [0.29, 0.717) is 40.9 Å². The molecule has 0 spiro atoms. The molecule has 2 aromatic rings. The van der Waals surface area contributed by atoms with Crippen LogP contribution in [0.2, 0.25) is 5.02 Å². The van der Waals surface area contributed by atoms with E-state index >= 15 is 0 Å². The number of methoxy groups -OCH3 is 1. The second-order valence-electron chi connectivity index (χ2n) is 5.14. The number of anilines is 2. The summed E-state index contributed by atoms with van der Waals surface area (Å²) in [6.07, 6.45) is 0.318. The molecule has 1 aliphatic rings. The number of hydrogen-bond acceptors (Lipinski definition) is 5. The Kier molecular flexibility index (Phi) is 4.96. The molecule has 1 amide bonds. The number of amides is 1. The van der Waals surface area contributed by atoms with Gasteiger partial charge in [0.15, 0.2) is 11.5 Å². The van der Waals surface area contributed by atoms with E-state index in [1.807, 2.05) is 6.07 Å². The van der Waals surface area contributed by atoms with Crippen LogP contribution in [0.4, 0.5) is 11.4 Å². The van der Waals surface area contributed by atoms with Crippen molar-refractivity contribution >= 4 is 28.9 Å². The quantitative estimate of drug-likeness (QED) is 0.836. The van der Waals surface area contributed by atoms with Crippen LogP contribution in [0.3, 0.4) is 0 Å². The largest absolute Gasteiger partial charge is 0.495 e. The lowest BCUT2D eigenvalue weighted by molar-refractivity contribution is -0.115. The second kappa shape index (κ2) is 7.31. The van der Waals surface area contributed by atoms with Gasteiger partial charge in [-0.05, 0) is 30.3 Å². The van der Waals surface area contributed by atoms with E-state index < -0.39 is 0 Å². The Bertz CT molecular complexity index is 751. The number of rotatable bonds is 6. The molecule has 1 aliphatic heterocycles. The van der Waals surface area contributed by atoms with Crippen LogP contribution >= 0.6 is 11.6 Å². The zero-order chi connectivity index (χ0) is 16.9. The molecular weight excluding hydrogens is 332 g/mol. The highest BCUT2D eigenvalue weighted by molar-refractivity contribution is 6.32. The number of hydrogen-bond donors (Lipinski definition) is 2. The first-order valence-electron chi connectivity index (χ1n) is 7.42. The van der Waals surface area contributed by atoms with Crippen molar-refractivity contribution in [3.8, 4) is 17.2 Å². The van der Waals surface area contributed by atoms with Crippen molar-refractivity contribution in [2.24, 2.45) is 0 Å². The summed E-state index contributed by atoms with van der Waals surface area (Å²) in [4.78, 5) is 12.0. The zero-order valence-corrected chi connectivity index (χ0v) is 13.9. The highest BCUT2D eigenvalue weighted by Crippen LogP contribution is 2.34. The first-order chi connectivity index (χ1) is 11.7. The highest BCUT2D eigenvalue weighted by Gasteiger charge is 2.14. The summed E-state index contributed by atoms with van der Waals surface area (Å²) in [6.45, 7) is 0.695. The average molecular weight is 349 g/mol. The predicted molar refractivity (Wildman–Crippen MR) is 92.3 cm³/mol. The molecule has 24 heavy (non-hydrogen) atoms. The molecule has 3 rings (SSSR count). The average Bonchev–Trinajstić information content (AvgIpc) is 3.02. The Balaban J connectivity index is 1.48. The minimum Gasteiger partial charge on any atom is -0.495 e. The molecule has 0 aliphatic carbocycles. The van der Waals surface area contributed by atoms with E-state index in [1.165, 1.54) is 0 Å². The van der Waals surface area contributed by atoms with Crippen molar-refractivity contribution in [2.75, 3.05) is 31.1 Å². The lowest BCUT2D eigenvalue weighted by Gasteiger charge is -2.09. The van der Waals surface area contributed by atoms with Gasteiger partial charge in [-0.15, -0.1) is 0 Å². The first kappa shape index (κ1) is 16.3. The smallest absolute Gasteiger partial charge is 0.231 e. The topological polar surface area (TPSA) is 68.8 Å². The van der Waals surface area contributed by atoms with E-state index in [9.17, 15) is 4.79 Å². The van der Waals surface area contributed by atoms with Crippen LogP contribution in [-0.2, 0) is 4.79 Å². The molecule has 126 valence electrons. The molecule has 6 nitrogen and oxygen atoms in total. The minimum absolute atomic E-state index is 0.0963. The summed E-state index contributed by atoms with van der Waals surface area (Å²) < 4.78 is 15.6. The van der Waals surface area contributed by atoms with Gasteiger partial charge in [-0.3, -0.25) is 4.79 Å². The molecule has 0 unspecified atom stereocenters. The standard InChI is InChI=1S/C17H17ClN2O4/c1-22-14-4-2-11(8-13(14)18)19-7-6-17(21)20-12-3-5-15-16(9-12)24-10-23-15/h2-5,8-9,19H,6-7,10H2,1H3,(H,20,21). The molecule has 0 radical (unpaired) electrons. The van der Waals surface area contributed by atoms with Crippen molar-refractivity contribution in [2.45, 2.75) is 6.42 Å². The highest BCUT2D eigenvalue weighted by atomic mass is 35.5. The van der Waals surface area contributed by atoms with E-state index in [0.717, 1.165) is 5.69 Å². The van der Waals surface area contributed by atoms with Gasteiger partial charge in [-0.2, -0.15) is 0 Å². The lowest BCUT2D eigenvalue weighted by atomic mass is 10.2. The fourth-order valence-electron chi connectivity index (χ4n) is 2.29. The molecule has 0 aromatic heterocycles. The summed E-state index contributed by atoms with van der Waals surface area (Å²) in [6, 6.07) is 10.7. The lowest BCUT2D eigenvalue weighted by Crippen LogP contribution is -2.16. The van der Waals surface area contributed by atoms with E-state index in [-0.39, 0.29) is 12.7 Å². The van der Waals surface area contributed by atoms with Crippen LogP contribution in [0.1, 0.15) is 6.42 Å². The van der Waals surface area contributed by atoms with Crippen molar-refractivity contribution in [1.29, 1.82) is 0 Å². The molecule has 2 aromatic carbocycles. The molecule has 2 N–H and O–H groups in total. The van der Waals surface area contributed by atoms with Gasteiger partial charge in [0.1, 0.15) is 5.75 Å². The van der Waals surface area contributed by atoms with Gasteiger partial charge >= 0.3 is 0 Å². The molecule has 1 heterocycles. The van der Waals surface area contributed by atoms with Crippen molar-refractivity contribution in [3.05, 3.63) is 41.4 Å². The summed E-state index contributed by atoms with van der Waals surface area (Å²) in [5.41, 5.74) is 1.51. The van der Waals surface area contributed by atoms with Gasteiger partial charge in [-0.25, -0.2) is 0 Å². The number of carbonyl (C=O) groups excluding carboxylic acids is 1. The summed E-state index contributed by atoms with van der Waals surface area (Å²) in [5, 5.41) is 6.50. The number of carbonyl (C=O) groups is 1. The third kappa shape index (κ3) is 3.83. The Morgan fingerprint density at radius 2 is 1.96 bits per heavy atom. The number of fused-ring (bicyclic) bond motifs is 1. The molecule has 0 fully saturated rings. The van der Waals surface area contributed by atoms with Gasteiger partial charge in [-0.1, -0.05) is 11.6 Å². The number of benzene rings is 2. The molecular formula is C17H17ClN2O4. The Morgan fingerprint density at radius 1 is 1.17 bits per heavy atom. The summed E-state index contributed by atoms with van der Waals surface area (Å²) >= 11 is 6.06. The van der Waals surface area contributed by atoms with Crippen molar-refractivity contribution in [3.63, 3.8) is 0 Å². The van der Waals surface area contributed by atoms with Crippen LogP contribution in [-0.4, -0.2) is 26.4 Å².